The molecule has 0 aromatic rings. The van der Waals surface area contributed by atoms with Crippen molar-refractivity contribution in [2.24, 2.45) is 5.92 Å². The first-order valence-electron chi connectivity index (χ1n) is 6.67. The summed E-state index contributed by atoms with van der Waals surface area (Å²) in [5.74, 6) is 0.814. The van der Waals surface area contributed by atoms with Crippen molar-refractivity contribution in [3.63, 3.8) is 0 Å². The summed E-state index contributed by atoms with van der Waals surface area (Å²) < 4.78 is 0. The molecule has 2 aliphatic heterocycles. The van der Waals surface area contributed by atoms with E-state index < -0.39 is 0 Å². The van der Waals surface area contributed by atoms with Gasteiger partial charge in [0, 0.05) is 24.7 Å². The van der Waals surface area contributed by atoms with Crippen LogP contribution in [0.25, 0.3) is 0 Å². The SMILES string of the molecule is CC(C)CC(C)NC1CCN2CCCC12. The summed E-state index contributed by atoms with van der Waals surface area (Å²) in [4.78, 5) is 2.68. The van der Waals surface area contributed by atoms with Crippen molar-refractivity contribution < 1.29 is 0 Å². The highest BCUT2D eigenvalue weighted by Crippen LogP contribution is 2.28. The number of nitrogens with one attached hydrogen (secondary N) is 1. The summed E-state index contributed by atoms with van der Waals surface area (Å²) in [6.07, 6.45) is 5.52. The molecule has 0 aromatic carbocycles. The summed E-state index contributed by atoms with van der Waals surface area (Å²) in [6, 6.07) is 2.33. The van der Waals surface area contributed by atoms with Crippen LogP contribution < -0.4 is 5.32 Å². The van der Waals surface area contributed by atoms with Gasteiger partial charge < -0.3 is 5.32 Å². The quantitative estimate of drug-likeness (QED) is 0.765. The number of nitrogens with zero attached hydrogens (tertiary/aromatic N) is 1. The zero-order chi connectivity index (χ0) is 10.8. The molecule has 1 N–H and O–H groups in total. The van der Waals surface area contributed by atoms with Crippen LogP contribution in [0, 0.1) is 5.92 Å². The molecule has 2 aliphatic rings. The van der Waals surface area contributed by atoms with Gasteiger partial charge in [-0.25, -0.2) is 0 Å². The Morgan fingerprint density at radius 3 is 2.73 bits per heavy atom. The lowest BCUT2D eigenvalue weighted by atomic mass is 10.0. The lowest BCUT2D eigenvalue weighted by Crippen LogP contribution is -2.43. The van der Waals surface area contributed by atoms with E-state index in [-0.39, 0.29) is 0 Å². The van der Waals surface area contributed by atoms with Crippen LogP contribution in [0.15, 0.2) is 0 Å². The summed E-state index contributed by atoms with van der Waals surface area (Å²) in [5, 5.41) is 3.84. The minimum absolute atomic E-state index is 0.690. The van der Waals surface area contributed by atoms with Gasteiger partial charge in [0.2, 0.25) is 0 Å². The Morgan fingerprint density at radius 2 is 2.00 bits per heavy atom. The lowest BCUT2D eigenvalue weighted by Gasteiger charge is -2.25. The second-order valence-electron chi connectivity index (χ2n) is 5.84. The van der Waals surface area contributed by atoms with Gasteiger partial charge in [-0.05, 0) is 45.1 Å². The monoisotopic (exact) mass is 210 g/mol. The molecule has 2 heterocycles. The van der Waals surface area contributed by atoms with Crippen molar-refractivity contribution in [2.75, 3.05) is 13.1 Å². The van der Waals surface area contributed by atoms with E-state index in [9.17, 15) is 0 Å². The second kappa shape index (κ2) is 4.84. The van der Waals surface area contributed by atoms with Gasteiger partial charge in [0.05, 0.1) is 0 Å². The van der Waals surface area contributed by atoms with E-state index >= 15 is 0 Å². The van der Waals surface area contributed by atoms with Gasteiger partial charge in [0.15, 0.2) is 0 Å². The molecule has 0 aliphatic carbocycles. The molecule has 0 radical (unpaired) electrons. The van der Waals surface area contributed by atoms with E-state index in [1.54, 1.807) is 0 Å². The molecule has 2 nitrogen and oxygen atoms in total. The maximum atomic E-state index is 3.84. The van der Waals surface area contributed by atoms with Gasteiger partial charge in [-0.2, -0.15) is 0 Å². The predicted molar refractivity (Wildman–Crippen MR) is 65.1 cm³/mol. The number of hydrogen-bond acceptors (Lipinski definition) is 2. The van der Waals surface area contributed by atoms with Crippen LogP contribution in [0.2, 0.25) is 0 Å². The zero-order valence-corrected chi connectivity index (χ0v) is 10.5. The Labute approximate surface area is 94.4 Å². The molecular weight excluding hydrogens is 184 g/mol. The molecule has 2 fully saturated rings. The maximum Gasteiger partial charge on any atom is 0.0250 e. The molecule has 0 saturated carbocycles. The Bertz CT molecular complexity index is 203. The predicted octanol–water partition coefficient (Wildman–Crippen LogP) is 2.25. The first kappa shape index (κ1) is 11.4. The van der Waals surface area contributed by atoms with Gasteiger partial charge in [-0.1, -0.05) is 13.8 Å². The van der Waals surface area contributed by atoms with Gasteiger partial charge in [-0.15, -0.1) is 0 Å². The normalized spacial score (nSPS) is 33.6. The highest BCUT2D eigenvalue weighted by Gasteiger charge is 2.37. The van der Waals surface area contributed by atoms with E-state index in [4.69, 9.17) is 0 Å². The Hall–Kier alpha value is -0.0800. The van der Waals surface area contributed by atoms with Crippen molar-refractivity contribution in [2.45, 2.75) is 64.6 Å². The van der Waals surface area contributed by atoms with Crippen molar-refractivity contribution in [3.05, 3.63) is 0 Å². The molecule has 0 aromatic heterocycles. The molecule has 2 heteroatoms. The van der Waals surface area contributed by atoms with E-state index in [1.807, 2.05) is 0 Å². The van der Waals surface area contributed by atoms with Crippen molar-refractivity contribution in [3.8, 4) is 0 Å². The number of rotatable bonds is 4. The molecule has 3 unspecified atom stereocenters. The van der Waals surface area contributed by atoms with Crippen LogP contribution in [0.1, 0.15) is 46.5 Å². The fraction of sp³-hybridized carbons (Fsp3) is 1.00. The van der Waals surface area contributed by atoms with Crippen LogP contribution in [-0.2, 0) is 0 Å². The van der Waals surface area contributed by atoms with E-state index in [0.717, 1.165) is 18.0 Å². The van der Waals surface area contributed by atoms with Gasteiger partial charge in [0.1, 0.15) is 0 Å². The van der Waals surface area contributed by atoms with Crippen LogP contribution >= 0.6 is 0 Å². The summed E-state index contributed by atoms with van der Waals surface area (Å²) in [6.45, 7) is 9.65. The minimum Gasteiger partial charge on any atom is -0.310 e. The molecule has 0 bridgehead atoms. The minimum atomic E-state index is 0.690. The van der Waals surface area contributed by atoms with Crippen molar-refractivity contribution in [1.29, 1.82) is 0 Å². The standard InChI is InChI=1S/C13H26N2/c1-10(2)9-11(3)14-12-6-8-15-7-4-5-13(12)15/h10-14H,4-9H2,1-3H3. The fourth-order valence-electron chi connectivity index (χ4n) is 3.42. The van der Waals surface area contributed by atoms with E-state index in [1.165, 1.54) is 38.8 Å². The van der Waals surface area contributed by atoms with Gasteiger partial charge >= 0.3 is 0 Å². The van der Waals surface area contributed by atoms with Gasteiger partial charge in [0.25, 0.3) is 0 Å². The summed E-state index contributed by atoms with van der Waals surface area (Å²) in [7, 11) is 0. The molecule has 0 amide bonds. The molecule has 15 heavy (non-hydrogen) atoms. The highest BCUT2D eigenvalue weighted by atomic mass is 15.2. The number of fused-ring (bicyclic) bond motifs is 1. The first-order valence-corrected chi connectivity index (χ1v) is 6.67. The third-order valence-corrected chi connectivity index (χ3v) is 3.93. The Kier molecular flexibility index (Phi) is 3.68. The molecule has 2 rings (SSSR count). The van der Waals surface area contributed by atoms with Crippen LogP contribution in [0.4, 0.5) is 0 Å². The molecular formula is C13H26N2. The van der Waals surface area contributed by atoms with Crippen molar-refractivity contribution >= 4 is 0 Å². The zero-order valence-electron chi connectivity index (χ0n) is 10.5. The Morgan fingerprint density at radius 1 is 1.20 bits per heavy atom. The third-order valence-electron chi connectivity index (χ3n) is 3.93. The second-order valence-corrected chi connectivity index (χ2v) is 5.84. The van der Waals surface area contributed by atoms with Crippen molar-refractivity contribution in [1.82, 2.24) is 10.2 Å². The highest BCUT2D eigenvalue weighted by molar-refractivity contribution is 4.96. The average molecular weight is 210 g/mol. The Balaban J connectivity index is 1.79. The fourth-order valence-corrected chi connectivity index (χ4v) is 3.42. The van der Waals surface area contributed by atoms with Crippen LogP contribution in [0.5, 0.6) is 0 Å². The average Bonchev–Trinajstić information content (AvgIpc) is 2.68. The van der Waals surface area contributed by atoms with Gasteiger partial charge in [-0.3, -0.25) is 4.90 Å². The molecule has 2 saturated heterocycles. The largest absolute Gasteiger partial charge is 0.310 e. The number of hydrogen-bond donors (Lipinski definition) is 1. The summed E-state index contributed by atoms with van der Waals surface area (Å²) in [5.41, 5.74) is 0. The van der Waals surface area contributed by atoms with Crippen LogP contribution in [0.3, 0.4) is 0 Å². The maximum absolute atomic E-state index is 3.84. The first-order chi connectivity index (χ1) is 7.16. The molecule has 88 valence electrons. The summed E-state index contributed by atoms with van der Waals surface area (Å²) >= 11 is 0. The smallest absolute Gasteiger partial charge is 0.0250 e. The lowest BCUT2D eigenvalue weighted by molar-refractivity contribution is 0.284. The third kappa shape index (κ3) is 2.73. The van der Waals surface area contributed by atoms with E-state index in [0.29, 0.717) is 6.04 Å². The topological polar surface area (TPSA) is 15.3 Å². The van der Waals surface area contributed by atoms with E-state index in [2.05, 4.69) is 31.0 Å². The molecule has 3 atom stereocenters. The molecule has 0 spiro atoms. The van der Waals surface area contributed by atoms with Crippen LogP contribution in [-0.4, -0.2) is 36.1 Å².